The first-order valence-corrected chi connectivity index (χ1v) is 9.53. The van der Waals surface area contributed by atoms with Crippen molar-refractivity contribution in [3.63, 3.8) is 0 Å². The second-order valence-electron chi connectivity index (χ2n) is 6.97. The Morgan fingerprint density at radius 3 is 2.43 bits per heavy atom. The Bertz CT molecular complexity index is 986. The first-order chi connectivity index (χ1) is 13.6. The lowest BCUT2D eigenvalue weighted by Crippen LogP contribution is -2.37. The quantitative estimate of drug-likeness (QED) is 0.588. The summed E-state index contributed by atoms with van der Waals surface area (Å²) in [7, 11) is 0. The molecule has 1 aliphatic heterocycles. The van der Waals surface area contributed by atoms with E-state index >= 15 is 0 Å². The van der Waals surface area contributed by atoms with E-state index in [1.54, 1.807) is 24.3 Å². The molecule has 2 aromatic carbocycles. The van der Waals surface area contributed by atoms with Gasteiger partial charge in [0.1, 0.15) is 5.76 Å². The van der Waals surface area contributed by atoms with Crippen molar-refractivity contribution in [2.75, 3.05) is 5.32 Å². The zero-order chi connectivity index (χ0) is 19.7. The fraction of sp³-hybridized carbons (Fsp3) is 0.261. The fourth-order valence-electron chi connectivity index (χ4n) is 3.82. The molecule has 0 spiro atoms. The van der Waals surface area contributed by atoms with E-state index in [1.165, 1.54) is 5.56 Å². The van der Waals surface area contributed by atoms with Crippen LogP contribution in [-0.4, -0.2) is 11.1 Å². The number of carboxylic acid groups (broad SMARTS) is 1. The van der Waals surface area contributed by atoms with Crippen molar-refractivity contribution in [1.29, 1.82) is 0 Å². The minimum Gasteiger partial charge on any atom is -0.478 e. The number of benzene rings is 2. The number of hydrogen-bond acceptors (Lipinski definition) is 4. The second-order valence-corrected chi connectivity index (χ2v) is 6.97. The number of furan rings is 1. The van der Waals surface area contributed by atoms with Crippen LogP contribution >= 0.6 is 0 Å². The summed E-state index contributed by atoms with van der Waals surface area (Å²) in [5.41, 5.74) is 2.95. The first-order valence-electron chi connectivity index (χ1n) is 9.53. The average Bonchev–Trinajstić information content (AvgIpc) is 3.23. The summed E-state index contributed by atoms with van der Waals surface area (Å²) in [5.74, 6) is 0.425. The number of aromatic carboxylic acids is 1. The van der Waals surface area contributed by atoms with Crippen molar-refractivity contribution in [3.8, 4) is 11.3 Å². The number of anilines is 1. The normalized spacial score (nSPS) is 17.6. The van der Waals surface area contributed by atoms with Crippen LogP contribution in [0.3, 0.4) is 0 Å². The molecule has 0 saturated heterocycles. The first kappa shape index (κ1) is 18.3. The van der Waals surface area contributed by atoms with Gasteiger partial charge in [0.15, 0.2) is 12.0 Å². The minimum absolute atomic E-state index is 0.250. The molecule has 0 radical (unpaired) electrons. The molecule has 1 aromatic heterocycles. The number of fused-ring (bicyclic) bond motifs is 1. The van der Waals surface area contributed by atoms with Crippen molar-refractivity contribution >= 4 is 11.7 Å². The van der Waals surface area contributed by atoms with Crippen LogP contribution in [0.1, 0.15) is 54.6 Å². The summed E-state index contributed by atoms with van der Waals surface area (Å²) in [6.45, 7) is 4.28. The summed E-state index contributed by atoms with van der Waals surface area (Å²) in [6.07, 6.45) is 1.34. The molecule has 0 aliphatic carbocycles. The van der Waals surface area contributed by atoms with Crippen LogP contribution in [0.5, 0.6) is 0 Å². The Labute approximate surface area is 164 Å². The summed E-state index contributed by atoms with van der Waals surface area (Å²) in [5, 5.41) is 12.5. The van der Waals surface area contributed by atoms with Crippen LogP contribution < -0.4 is 5.32 Å². The molecule has 0 saturated carbocycles. The Hall–Kier alpha value is -3.05. The molecule has 3 aromatic rings. The van der Waals surface area contributed by atoms with Gasteiger partial charge in [0.05, 0.1) is 11.2 Å². The van der Waals surface area contributed by atoms with Gasteiger partial charge in [-0.15, -0.1) is 0 Å². The molecule has 4 rings (SSSR count). The number of para-hydroxylation sites is 1. The van der Waals surface area contributed by atoms with Crippen molar-refractivity contribution < 1.29 is 19.1 Å². The summed E-state index contributed by atoms with van der Waals surface area (Å²) >= 11 is 0. The van der Waals surface area contributed by atoms with Gasteiger partial charge in [-0.05, 0) is 43.2 Å². The van der Waals surface area contributed by atoms with Crippen LogP contribution in [0.2, 0.25) is 0 Å². The maximum Gasteiger partial charge on any atom is 0.335 e. The van der Waals surface area contributed by atoms with E-state index in [1.807, 2.05) is 24.3 Å². The lowest BCUT2D eigenvalue weighted by Gasteiger charge is -2.42. The topological polar surface area (TPSA) is 71.7 Å². The highest BCUT2D eigenvalue weighted by atomic mass is 16.5. The van der Waals surface area contributed by atoms with Crippen LogP contribution in [-0.2, 0) is 10.3 Å². The minimum atomic E-state index is -0.944. The molecule has 2 heterocycles. The van der Waals surface area contributed by atoms with Crippen molar-refractivity contribution in [2.24, 2.45) is 0 Å². The molecule has 1 atom stereocenters. The Morgan fingerprint density at radius 2 is 1.75 bits per heavy atom. The van der Waals surface area contributed by atoms with Gasteiger partial charge in [0, 0.05) is 16.8 Å². The van der Waals surface area contributed by atoms with E-state index in [-0.39, 0.29) is 17.4 Å². The smallest absolute Gasteiger partial charge is 0.335 e. The molecule has 2 N–H and O–H groups in total. The van der Waals surface area contributed by atoms with E-state index in [9.17, 15) is 4.79 Å². The van der Waals surface area contributed by atoms with Gasteiger partial charge < -0.3 is 19.6 Å². The molecule has 0 fully saturated rings. The molecule has 1 aliphatic rings. The van der Waals surface area contributed by atoms with Crippen molar-refractivity contribution in [1.82, 2.24) is 0 Å². The van der Waals surface area contributed by atoms with Crippen molar-refractivity contribution in [2.45, 2.75) is 38.5 Å². The lowest BCUT2D eigenvalue weighted by atomic mass is 9.85. The largest absolute Gasteiger partial charge is 0.478 e. The van der Waals surface area contributed by atoms with Gasteiger partial charge >= 0.3 is 5.97 Å². The highest BCUT2D eigenvalue weighted by Crippen LogP contribution is 2.46. The molecule has 28 heavy (non-hydrogen) atoms. The predicted octanol–water partition coefficient (Wildman–Crippen LogP) is 5.80. The lowest BCUT2D eigenvalue weighted by molar-refractivity contribution is -0.110. The van der Waals surface area contributed by atoms with E-state index in [0.29, 0.717) is 11.5 Å². The third-order valence-corrected chi connectivity index (χ3v) is 5.49. The van der Waals surface area contributed by atoms with Gasteiger partial charge in [-0.2, -0.15) is 0 Å². The maximum absolute atomic E-state index is 11.0. The standard InChI is InChI=1S/C23H23NO4/c1-3-23(4-2)17-7-5-6-8-18(17)24-21(28-23)20-14-13-19(27-20)15-9-11-16(12-10-15)22(25)26/h5-14,21,24H,3-4H2,1-2H3,(H,25,26). The summed E-state index contributed by atoms with van der Waals surface area (Å²) < 4.78 is 12.6. The molecule has 5 nitrogen and oxygen atoms in total. The number of rotatable bonds is 5. The van der Waals surface area contributed by atoms with Crippen molar-refractivity contribution in [3.05, 3.63) is 77.6 Å². The molecule has 1 unspecified atom stereocenters. The van der Waals surface area contributed by atoms with Gasteiger partial charge in [-0.3, -0.25) is 0 Å². The molecular weight excluding hydrogens is 354 g/mol. The zero-order valence-corrected chi connectivity index (χ0v) is 15.9. The van der Waals surface area contributed by atoms with Gasteiger partial charge in [0.25, 0.3) is 0 Å². The fourth-order valence-corrected chi connectivity index (χ4v) is 3.82. The summed E-state index contributed by atoms with van der Waals surface area (Å²) in [6, 6.07) is 18.7. The number of carboxylic acids is 1. The number of nitrogens with one attached hydrogen (secondary N) is 1. The van der Waals surface area contributed by atoms with Crippen LogP contribution in [0.25, 0.3) is 11.3 Å². The monoisotopic (exact) mass is 377 g/mol. The summed E-state index contributed by atoms with van der Waals surface area (Å²) in [4.78, 5) is 11.0. The average molecular weight is 377 g/mol. The number of ether oxygens (including phenoxy) is 1. The van der Waals surface area contributed by atoms with Crippen LogP contribution in [0, 0.1) is 0 Å². The Kier molecular flexibility index (Phi) is 4.69. The number of carbonyl (C=O) groups is 1. The molecular formula is C23H23NO4. The third kappa shape index (κ3) is 3.08. The van der Waals surface area contributed by atoms with Gasteiger partial charge in [-0.25, -0.2) is 4.79 Å². The highest BCUT2D eigenvalue weighted by molar-refractivity contribution is 5.88. The maximum atomic E-state index is 11.0. The SMILES string of the molecule is CCC1(CC)OC(c2ccc(-c3ccc(C(=O)O)cc3)o2)Nc2ccccc21. The molecule has 144 valence electrons. The Balaban J connectivity index is 1.65. The third-order valence-electron chi connectivity index (χ3n) is 5.49. The van der Waals surface area contributed by atoms with Crippen LogP contribution in [0.4, 0.5) is 5.69 Å². The van der Waals surface area contributed by atoms with E-state index in [4.69, 9.17) is 14.3 Å². The molecule has 5 heteroatoms. The molecule has 0 bridgehead atoms. The van der Waals surface area contributed by atoms with E-state index in [2.05, 4.69) is 31.3 Å². The number of hydrogen-bond donors (Lipinski definition) is 2. The van der Waals surface area contributed by atoms with E-state index in [0.717, 1.165) is 24.1 Å². The van der Waals surface area contributed by atoms with E-state index < -0.39 is 5.97 Å². The van der Waals surface area contributed by atoms with Crippen LogP contribution in [0.15, 0.2) is 65.1 Å². The Morgan fingerprint density at radius 1 is 1.04 bits per heavy atom. The highest BCUT2D eigenvalue weighted by Gasteiger charge is 2.40. The second kappa shape index (κ2) is 7.17. The zero-order valence-electron chi connectivity index (χ0n) is 15.9. The molecule has 0 amide bonds. The predicted molar refractivity (Wildman–Crippen MR) is 107 cm³/mol. The van der Waals surface area contributed by atoms with Gasteiger partial charge in [-0.1, -0.05) is 44.2 Å². The van der Waals surface area contributed by atoms with Gasteiger partial charge in [0.2, 0.25) is 0 Å².